The third-order valence-corrected chi connectivity index (χ3v) is 2.31. The van der Waals surface area contributed by atoms with Gasteiger partial charge in [-0.1, -0.05) is 12.1 Å². The molecule has 0 radical (unpaired) electrons. The van der Waals surface area contributed by atoms with Gasteiger partial charge in [0.2, 0.25) is 0 Å². The Hall–Kier alpha value is -1.02. The van der Waals surface area contributed by atoms with Gasteiger partial charge in [-0.25, -0.2) is 0 Å². The molecular formula is C10H13NO. The second-order valence-corrected chi connectivity index (χ2v) is 3.21. The van der Waals surface area contributed by atoms with Crippen molar-refractivity contribution in [3.05, 3.63) is 29.8 Å². The largest absolute Gasteiger partial charge is 0.497 e. The van der Waals surface area contributed by atoms with Crippen LogP contribution in [-0.4, -0.2) is 13.2 Å². The summed E-state index contributed by atoms with van der Waals surface area (Å²) in [4.78, 5) is 0. The number of hydrogen-bond acceptors (Lipinski definition) is 2. The Kier molecular flexibility index (Phi) is 1.77. The van der Waals surface area contributed by atoms with Gasteiger partial charge in [-0.05, 0) is 24.6 Å². The first kappa shape index (κ1) is 7.62. The molecule has 0 amide bonds. The van der Waals surface area contributed by atoms with Crippen molar-refractivity contribution in [3.8, 4) is 5.75 Å². The molecule has 2 heteroatoms. The van der Waals surface area contributed by atoms with E-state index in [1.165, 1.54) is 5.56 Å². The maximum Gasteiger partial charge on any atom is 0.118 e. The third kappa shape index (κ3) is 1.30. The second kappa shape index (κ2) is 2.79. The van der Waals surface area contributed by atoms with Crippen molar-refractivity contribution >= 4 is 0 Å². The van der Waals surface area contributed by atoms with Crippen LogP contribution in [0.15, 0.2) is 24.3 Å². The lowest BCUT2D eigenvalue weighted by Crippen LogP contribution is -1.86. The molecule has 12 heavy (non-hydrogen) atoms. The smallest absolute Gasteiger partial charge is 0.118 e. The van der Waals surface area contributed by atoms with Gasteiger partial charge < -0.3 is 10.1 Å². The summed E-state index contributed by atoms with van der Waals surface area (Å²) >= 11 is 0. The first-order valence-corrected chi connectivity index (χ1v) is 4.21. The molecule has 1 saturated heterocycles. The van der Waals surface area contributed by atoms with Crippen LogP contribution < -0.4 is 10.1 Å². The molecule has 1 aliphatic rings. The predicted octanol–water partition coefficient (Wildman–Crippen LogP) is 1.73. The summed E-state index contributed by atoms with van der Waals surface area (Å²) < 4.78 is 5.08. The third-order valence-electron chi connectivity index (χ3n) is 2.31. The van der Waals surface area contributed by atoms with Gasteiger partial charge in [-0.15, -0.1) is 0 Å². The lowest BCUT2D eigenvalue weighted by Gasteiger charge is -2.00. The Morgan fingerprint density at radius 2 is 1.83 bits per heavy atom. The molecule has 64 valence electrons. The topological polar surface area (TPSA) is 31.2 Å². The molecule has 0 aromatic heterocycles. The monoisotopic (exact) mass is 163 g/mol. The standard InChI is InChI=1S/C10H13NO/c1-7-10(11-7)8-3-5-9(12-2)6-4-8/h3-7,10-11H,1-2H3/t7-,10+/m0/s1. The minimum absolute atomic E-state index is 0.566. The molecule has 2 rings (SSSR count). The SMILES string of the molecule is COc1ccc([C@@H]2N[C@H]2C)cc1. The zero-order valence-electron chi connectivity index (χ0n) is 7.37. The normalized spacial score (nSPS) is 26.8. The Bertz CT molecular complexity index is 268. The van der Waals surface area contributed by atoms with Crippen LogP contribution in [0.2, 0.25) is 0 Å². The average Bonchev–Trinajstić information content (AvgIpc) is 2.83. The fraction of sp³-hybridized carbons (Fsp3) is 0.400. The van der Waals surface area contributed by atoms with Gasteiger partial charge in [0, 0.05) is 12.1 Å². The highest BCUT2D eigenvalue weighted by molar-refractivity contribution is 5.32. The van der Waals surface area contributed by atoms with Crippen molar-refractivity contribution in [3.63, 3.8) is 0 Å². The van der Waals surface area contributed by atoms with Crippen LogP contribution in [0.1, 0.15) is 18.5 Å². The number of benzene rings is 1. The van der Waals surface area contributed by atoms with E-state index in [0.29, 0.717) is 12.1 Å². The summed E-state index contributed by atoms with van der Waals surface area (Å²) in [5.74, 6) is 0.923. The number of ether oxygens (including phenoxy) is 1. The minimum atomic E-state index is 0.566. The molecule has 2 atom stereocenters. The van der Waals surface area contributed by atoms with Crippen LogP contribution in [0.3, 0.4) is 0 Å². The van der Waals surface area contributed by atoms with Crippen LogP contribution in [0.4, 0.5) is 0 Å². The summed E-state index contributed by atoms with van der Waals surface area (Å²) in [6.45, 7) is 2.19. The lowest BCUT2D eigenvalue weighted by atomic mass is 10.1. The zero-order chi connectivity index (χ0) is 8.55. The lowest BCUT2D eigenvalue weighted by molar-refractivity contribution is 0.414. The Balaban J connectivity index is 2.14. The van der Waals surface area contributed by atoms with Crippen molar-refractivity contribution in [2.75, 3.05) is 7.11 Å². The average molecular weight is 163 g/mol. The Morgan fingerprint density at radius 3 is 2.25 bits per heavy atom. The first-order chi connectivity index (χ1) is 5.81. The van der Waals surface area contributed by atoms with Crippen LogP contribution in [-0.2, 0) is 0 Å². The Labute approximate surface area is 72.5 Å². The highest BCUT2D eigenvalue weighted by Crippen LogP contribution is 2.29. The summed E-state index contributed by atoms with van der Waals surface area (Å²) in [5, 5.41) is 3.34. The highest BCUT2D eigenvalue weighted by Gasteiger charge is 2.32. The van der Waals surface area contributed by atoms with E-state index in [1.807, 2.05) is 12.1 Å². The molecule has 0 bridgehead atoms. The van der Waals surface area contributed by atoms with Gasteiger partial charge >= 0.3 is 0 Å². The van der Waals surface area contributed by atoms with Gasteiger partial charge in [0.1, 0.15) is 5.75 Å². The molecule has 0 saturated carbocycles. The van der Waals surface area contributed by atoms with Crippen LogP contribution in [0.5, 0.6) is 5.75 Å². The van der Waals surface area contributed by atoms with Crippen molar-refractivity contribution in [1.29, 1.82) is 0 Å². The zero-order valence-corrected chi connectivity index (χ0v) is 7.37. The van der Waals surface area contributed by atoms with Gasteiger partial charge in [-0.2, -0.15) is 0 Å². The molecule has 1 aliphatic heterocycles. The number of nitrogens with one attached hydrogen (secondary N) is 1. The number of methoxy groups -OCH3 is 1. The molecule has 1 N–H and O–H groups in total. The molecular weight excluding hydrogens is 150 g/mol. The molecule has 1 aromatic carbocycles. The van der Waals surface area contributed by atoms with Gasteiger partial charge in [-0.3, -0.25) is 0 Å². The molecule has 1 fully saturated rings. The minimum Gasteiger partial charge on any atom is -0.497 e. The number of hydrogen-bond donors (Lipinski definition) is 1. The second-order valence-electron chi connectivity index (χ2n) is 3.21. The van der Waals surface area contributed by atoms with E-state index in [-0.39, 0.29) is 0 Å². The Morgan fingerprint density at radius 1 is 1.25 bits per heavy atom. The molecule has 0 spiro atoms. The molecule has 2 nitrogen and oxygen atoms in total. The van der Waals surface area contributed by atoms with E-state index in [2.05, 4.69) is 24.4 Å². The van der Waals surface area contributed by atoms with E-state index >= 15 is 0 Å². The molecule has 0 aliphatic carbocycles. The highest BCUT2D eigenvalue weighted by atomic mass is 16.5. The fourth-order valence-corrected chi connectivity index (χ4v) is 1.42. The maximum atomic E-state index is 5.08. The van der Waals surface area contributed by atoms with Crippen LogP contribution in [0, 0.1) is 0 Å². The maximum absolute atomic E-state index is 5.08. The van der Waals surface area contributed by atoms with Crippen molar-refractivity contribution in [2.24, 2.45) is 0 Å². The van der Waals surface area contributed by atoms with Crippen molar-refractivity contribution < 1.29 is 4.74 Å². The van der Waals surface area contributed by atoms with E-state index in [9.17, 15) is 0 Å². The van der Waals surface area contributed by atoms with Crippen LogP contribution >= 0.6 is 0 Å². The van der Waals surface area contributed by atoms with Crippen LogP contribution in [0.25, 0.3) is 0 Å². The first-order valence-electron chi connectivity index (χ1n) is 4.21. The van der Waals surface area contributed by atoms with Gasteiger partial charge in [0.15, 0.2) is 0 Å². The molecule has 1 aromatic rings. The van der Waals surface area contributed by atoms with Crippen molar-refractivity contribution in [2.45, 2.75) is 19.0 Å². The quantitative estimate of drug-likeness (QED) is 0.673. The predicted molar refractivity (Wildman–Crippen MR) is 48.3 cm³/mol. The van der Waals surface area contributed by atoms with Crippen molar-refractivity contribution in [1.82, 2.24) is 5.32 Å². The van der Waals surface area contributed by atoms with Gasteiger partial charge in [0.05, 0.1) is 7.11 Å². The van der Waals surface area contributed by atoms with E-state index in [0.717, 1.165) is 5.75 Å². The molecule has 0 unspecified atom stereocenters. The van der Waals surface area contributed by atoms with E-state index < -0.39 is 0 Å². The fourth-order valence-electron chi connectivity index (χ4n) is 1.42. The van der Waals surface area contributed by atoms with E-state index in [1.54, 1.807) is 7.11 Å². The number of rotatable bonds is 2. The van der Waals surface area contributed by atoms with E-state index in [4.69, 9.17) is 4.74 Å². The van der Waals surface area contributed by atoms with Gasteiger partial charge in [0.25, 0.3) is 0 Å². The summed E-state index contributed by atoms with van der Waals surface area (Å²) in [5.41, 5.74) is 1.35. The summed E-state index contributed by atoms with van der Waals surface area (Å²) in [6.07, 6.45) is 0. The summed E-state index contributed by atoms with van der Waals surface area (Å²) in [7, 11) is 1.69. The summed E-state index contributed by atoms with van der Waals surface area (Å²) in [6, 6.07) is 9.43. The molecule has 1 heterocycles.